The van der Waals surface area contributed by atoms with Crippen LogP contribution >= 0.6 is 7.82 Å². The number of aliphatic hydroxyl groups is 10. The van der Waals surface area contributed by atoms with Crippen molar-refractivity contribution in [3.63, 3.8) is 0 Å². The molecule has 2 aliphatic heterocycles. The monoisotopic (exact) mass is 1410 g/mol. The largest absolute Gasteiger partial charge is 0.472 e. The SMILES string of the molecule is CCCCCCCC/C=C\CCCCCC(=O)OCC1OC(OC2C(O)C(O)C(O)C(OC3OC(CO)C(O)C(O)C3O)C2OP(=O)(O)OCC(COC(=O)CCCCCCCCCCCCCCCCCC)OC(=O)CCCCC/C=C\CCCCCCCC)C(O)C(O)C1O. The van der Waals surface area contributed by atoms with Crippen LogP contribution in [0.4, 0.5) is 0 Å². The highest BCUT2D eigenvalue weighted by atomic mass is 31.2. The lowest BCUT2D eigenvalue weighted by molar-refractivity contribution is -0.360. The molecule has 2 saturated heterocycles. The summed E-state index contributed by atoms with van der Waals surface area (Å²) in [5.41, 5.74) is 0. The first kappa shape index (κ1) is 88.7. The van der Waals surface area contributed by atoms with Crippen molar-refractivity contribution >= 4 is 25.7 Å². The minimum Gasteiger partial charge on any atom is -0.463 e. The fraction of sp³-hybridized carbons (Fsp3) is 0.903. The van der Waals surface area contributed by atoms with E-state index in [4.69, 9.17) is 42.2 Å². The molecule has 0 spiro atoms. The fourth-order valence-corrected chi connectivity index (χ4v) is 13.2. The van der Waals surface area contributed by atoms with Crippen LogP contribution in [0.5, 0.6) is 0 Å². The zero-order valence-corrected chi connectivity index (χ0v) is 60.0. The van der Waals surface area contributed by atoms with Gasteiger partial charge in [0, 0.05) is 19.3 Å². The zero-order chi connectivity index (χ0) is 71.1. The molecule has 1 aliphatic carbocycles. The number of carbonyl (C=O) groups excluding carboxylic acids is 3. The Morgan fingerprint density at radius 1 is 0.392 bits per heavy atom. The minimum absolute atomic E-state index is 0.00758. The molecular weight excluding hydrogens is 1280 g/mol. The van der Waals surface area contributed by atoms with E-state index in [2.05, 4.69) is 45.1 Å². The average molecular weight is 1410 g/mol. The van der Waals surface area contributed by atoms with Gasteiger partial charge in [0.05, 0.1) is 13.2 Å². The zero-order valence-electron chi connectivity index (χ0n) is 59.1. The van der Waals surface area contributed by atoms with Crippen molar-refractivity contribution < 1.29 is 117 Å². The summed E-state index contributed by atoms with van der Waals surface area (Å²) in [6.45, 7) is 3.40. The molecule has 18 atom stereocenters. The lowest BCUT2D eigenvalue weighted by Gasteiger charge is -2.49. The summed E-state index contributed by atoms with van der Waals surface area (Å²) in [5, 5.41) is 110. The Kier molecular flexibility index (Phi) is 49.5. The highest BCUT2D eigenvalue weighted by Crippen LogP contribution is 2.49. The Morgan fingerprint density at radius 3 is 1.12 bits per heavy atom. The highest BCUT2D eigenvalue weighted by Gasteiger charge is 2.58. The second-order valence-electron chi connectivity index (χ2n) is 27.0. The van der Waals surface area contributed by atoms with E-state index in [1.54, 1.807) is 0 Å². The van der Waals surface area contributed by atoms with Crippen LogP contribution in [0.2, 0.25) is 0 Å². The quantitative estimate of drug-likeness (QED) is 0.00886. The van der Waals surface area contributed by atoms with Crippen LogP contribution < -0.4 is 0 Å². The molecule has 0 aromatic carbocycles. The molecule has 18 unspecified atom stereocenters. The van der Waals surface area contributed by atoms with Gasteiger partial charge in [-0.15, -0.1) is 0 Å². The standard InChI is InChI=1S/C72H131O24P/c1-4-7-10-13-16-19-22-25-26-27-30-32-34-37-40-43-46-56(74)88-50-53(91-58(76)48-45-42-39-36-33-29-24-21-18-15-12-9-6-3)51-90-97(86,87)96-70-68(94-71-66(84)61(79)59(77)54(49-73)92-71)64(82)63(81)65(83)69(70)95-72-67(85)62(80)60(78)55(93-72)52-89-57(75)47-44-41-38-35-31-28-23-20-17-14-11-8-5-2/h28-29,31,33,53-55,59-73,77-85H,4-27,30,32,34-52H2,1-3H3,(H,86,87)/b31-28-,33-29-. The molecule has 97 heavy (non-hydrogen) atoms. The molecule has 568 valence electrons. The van der Waals surface area contributed by atoms with Crippen LogP contribution in [0.1, 0.15) is 284 Å². The van der Waals surface area contributed by atoms with Gasteiger partial charge in [0.1, 0.15) is 98.7 Å². The topological polar surface area (TPSA) is 374 Å². The molecule has 0 aromatic rings. The Hall–Kier alpha value is -2.56. The van der Waals surface area contributed by atoms with Gasteiger partial charge in [-0.3, -0.25) is 23.4 Å². The van der Waals surface area contributed by atoms with Crippen LogP contribution in [0.25, 0.3) is 0 Å². The molecule has 0 amide bonds. The molecular formula is C72H131O24P. The van der Waals surface area contributed by atoms with Crippen molar-refractivity contribution in [1.29, 1.82) is 0 Å². The Labute approximate surface area is 579 Å². The van der Waals surface area contributed by atoms with Crippen LogP contribution in [0.15, 0.2) is 24.3 Å². The number of ether oxygens (including phenoxy) is 7. The second-order valence-corrected chi connectivity index (χ2v) is 28.4. The van der Waals surface area contributed by atoms with Crippen molar-refractivity contribution in [1.82, 2.24) is 0 Å². The number of unbranched alkanes of at least 4 members (excludes halogenated alkanes) is 33. The number of hydrogen-bond acceptors (Lipinski definition) is 23. The normalized spacial score (nSPS) is 27.9. The van der Waals surface area contributed by atoms with Crippen molar-refractivity contribution in [3.05, 3.63) is 24.3 Å². The maximum atomic E-state index is 14.3. The van der Waals surface area contributed by atoms with Gasteiger partial charge in [-0.1, -0.05) is 218 Å². The summed E-state index contributed by atoms with van der Waals surface area (Å²) < 4.78 is 64.9. The number of rotatable bonds is 58. The third kappa shape index (κ3) is 37.4. The number of carbonyl (C=O) groups is 3. The molecule has 3 fully saturated rings. The van der Waals surface area contributed by atoms with Gasteiger partial charge in [0.2, 0.25) is 0 Å². The average Bonchev–Trinajstić information content (AvgIpc) is 0.768. The van der Waals surface area contributed by atoms with Crippen LogP contribution in [0, 0.1) is 0 Å². The first-order valence-electron chi connectivity index (χ1n) is 37.6. The van der Waals surface area contributed by atoms with Gasteiger partial charge in [0.25, 0.3) is 0 Å². The van der Waals surface area contributed by atoms with E-state index in [1.807, 2.05) is 0 Å². The highest BCUT2D eigenvalue weighted by molar-refractivity contribution is 7.47. The van der Waals surface area contributed by atoms with Crippen molar-refractivity contribution in [2.75, 3.05) is 26.4 Å². The van der Waals surface area contributed by atoms with Gasteiger partial charge in [-0.25, -0.2) is 4.57 Å². The maximum Gasteiger partial charge on any atom is 0.472 e. The Morgan fingerprint density at radius 2 is 0.722 bits per heavy atom. The number of esters is 3. The van der Waals surface area contributed by atoms with Gasteiger partial charge in [-0.05, 0) is 70.6 Å². The third-order valence-corrected chi connectivity index (χ3v) is 19.4. The molecule has 0 bridgehead atoms. The molecule has 3 aliphatic rings. The van der Waals surface area contributed by atoms with E-state index in [1.165, 1.54) is 128 Å². The number of aliphatic hydroxyl groups excluding tert-OH is 10. The van der Waals surface area contributed by atoms with Crippen molar-refractivity contribution in [2.45, 2.75) is 388 Å². The van der Waals surface area contributed by atoms with E-state index < -0.39 is 156 Å². The summed E-state index contributed by atoms with van der Waals surface area (Å²) >= 11 is 0. The van der Waals surface area contributed by atoms with Crippen LogP contribution in [0.3, 0.4) is 0 Å². The van der Waals surface area contributed by atoms with Crippen LogP contribution in [-0.4, -0.2) is 204 Å². The van der Waals surface area contributed by atoms with Crippen LogP contribution in [-0.2, 0) is 61.2 Å². The summed E-state index contributed by atoms with van der Waals surface area (Å²) in [4.78, 5) is 50.9. The molecule has 25 heteroatoms. The van der Waals surface area contributed by atoms with E-state index in [9.17, 15) is 74.9 Å². The molecule has 24 nitrogen and oxygen atoms in total. The summed E-state index contributed by atoms with van der Waals surface area (Å²) in [6.07, 6.45) is 14.0. The first-order valence-corrected chi connectivity index (χ1v) is 39.1. The molecule has 2 heterocycles. The molecule has 1 saturated carbocycles. The number of allylic oxidation sites excluding steroid dienone is 4. The van der Waals surface area contributed by atoms with E-state index in [-0.39, 0.29) is 19.3 Å². The maximum absolute atomic E-state index is 14.3. The molecule has 11 N–H and O–H groups in total. The Bertz CT molecular complexity index is 2110. The van der Waals surface area contributed by atoms with Gasteiger partial charge >= 0.3 is 25.7 Å². The molecule has 3 rings (SSSR count). The summed E-state index contributed by atoms with van der Waals surface area (Å²) in [7, 11) is -5.70. The first-order chi connectivity index (χ1) is 46.8. The minimum atomic E-state index is -5.70. The summed E-state index contributed by atoms with van der Waals surface area (Å²) in [5.74, 6) is -2.02. The smallest absolute Gasteiger partial charge is 0.463 e. The molecule has 0 aromatic heterocycles. The van der Waals surface area contributed by atoms with Crippen molar-refractivity contribution in [3.8, 4) is 0 Å². The number of phosphoric ester groups is 1. The number of phosphoric acid groups is 1. The summed E-state index contributed by atoms with van der Waals surface area (Å²) in [6, 6.07) is 0. The third-order valence-electron chi connectivity index (χ3n) is 18.5. The van der Waals surface area contributed by atoms with Gasteiger partial charge in [0.15, 0.2) is 18.7 Å². The Balaban J connectivity index is 1.74. The predicted molar refractivity (Wildman–Crippen MR) is 365 cm³/mol. The predicted octanol–water partition coefficient (Wildman–Crippen LogP) is 10.1. The fourth-order valence-electron chi connectivity index (χ4n) is 12.3. The van der Waals surface area contributed by atoms with E-state index in [0.717, 1.165) is 89.9 Å². The lowest BCUT2D eigenvalue weighted by atomic mass is 9.84. The lowest BCUT2D eigenvalue weighted by Crippen LogP contribution is -2.69. The van der Waals surface area contributed by atoms with Gasteiger partial charge in [-0.2, -0.15) is 0 Å². The van der Waals surface area contributed by atoms with E-state index >= 15 is 0 Å². The number of hydrogen-bond donors (Lipinski definition) is 11. The van der Waals surface area contributed by atoms with Crippen molar-refractivity contribution in [2.24, 2.45) is 0 Å². The van der Waals surface area contributed by atoms with E-state index in [0.29, 0.717) is 25.7 Å². The molecule has 0 radical (unpaired) electrons. The second kappa shape index (κ2) is 54.1. The van der Waals surface area contributed by atoms with Gasteiger partial charge < -0.3 is 89.1 Å².